The lowest BCUT2D eigenvalue weighted by Gasteiger charge is -1.95. The van der Waals surface area contributed by atoms with Crippen LogP contribution < -0.4 is 0 Å². The van der Waals surface area contributed by atoms with E-state index in [1.807, 2.05) is 30.3 Å². The molecular weight excluding hydrogens is 270 g/mol. The monoisotopic (exact) mass is 281 g/mol. The van der Waals surface area contributed by atoms with Crippen molar-refractivity contribution in [3.63, 3.8) is 0 Å². The van der Waals surface area contributed by atoms with Gasteiger partial charge in [-0.1, -0.05) is 35.5 Å². The van der Waals surface area contributed by atoms with Gasteiger partial charge in [0.05, 0.1) is 11.3 Å². The highest BCUT2D eigenvalue weighted by molar-refractivity contribution is 5.56. The van der Waals surface area contributed by atoms with E-state index < -0.39 is 4.92 Å². The topological polar surface area (TPSA) is 82.1 Å². The summed E-state index contributed by atoms with van der Waals surface area (Å²) in [6.45, 7) is 0. The SMILES string of the molecule is O=[N+]([O-])c1ccc(-c2noc(Cc3ccccc3)n2)cc1. The Morgan fingerprint density at radius 3 is 2.43 bits per heavy atom. The van der Waals surface area contributed by atoms with Crippen molar-refractivity contribution in [3.8, 4) is 11.4 Å². The zero-order valence-corrected chi connectivity index (χ0v) is 11.0. The highest BCUT2D eigenvalue weighted by Gasteiger charge is 2.11. The van der Waals surface area contributed by atoms with Gasteiger partial charge in [0.2, 0.25) is 11.7 Å². The van der Waals surface area contributed by atoms with Crippen LogP contribution in [0.25, 0.3) is 11.4 Å². The van der Waals surface area contributed by atoms with Crippen molar-refractivity contribution < 1.29 is 9.45 Å². The molecule has 1 heterocycles. The molecule has 0 N–H and O–H groups in total. The minimum Gasteiger partial charge on any atom is -0.339 e. The van der Waals surface area contributed by atoms with Gasteiger partial charge in [-0.25, -0.2) is 0 Å². The third kappa shape index (κ3) is 2.94. The Morgan fingerprint density at radius 1 is 1.05 bits per heavy atom. The molecule has 0 bridgehead atoms. The molecule has 104 valence electrons. The van der Waals surface area contributed by atoms with Crippen molar-refractivity contribution in [3.05, 3.63) is 76.2 Å². The number of benzene rings is 2. The zero-order valence-electron chi connectivity index (χ0n) is 11.0. The second-order valence-electron chi connectivity index (χ2n) is 4.48. The molecule has 3 aromatic rings. The third-order valence-electron chi connectivity index (χ3n) is 3.00. The maximum atomic E-state index is 10.6. The van der Waals surface area contributed by atoms with Crippen molar-refractivity contribution in [2.24, 2.45) is 0 Å². The standard InChI is InChI=1S/C15H11N3O3/c19-18(20)13-8-6-12(7-9-13)15-16-14(21-17-15)10-11-4-2-1-3-5-11/h1-9H,10H2. The van der Waals surface area contributed by atoms with Crippen LogP contribution in [0.4, 0.5) is 5.69 Å². The predicted octanol–water partition coefficient (Wildman–Crippen LogP) is 3.24. The van der Waals surface area contributed by atoms with Crippen molar-refractivity contribution in [1.29, 1.82) is 0 Å². The van der Waals surface area contributed by atoms with E-state index in [0.717, 1.165) is 5.56 Å². The Kier molecular flexibility index (Phi) is 3.42. The highest BCUT2D eigenvalue weighted by Crippen LogP contribution is 2.20. The van der Waals surface area contributed by atoms with Crippen LogP contribution in [0.1, 0.15) is 11.5 Å². The summed E-state index contributed by atoms with van der Waals surface area (Å²) < 4.78 is 5.21. The molecule has 6 heteroatoms. The van der Waals surface area contributed by atoms with Crippen LogP contribution in [0.15, 0.2) is 59.1 Å². The maximum Gasteiger partial charge on any atom is 0.269 e. The first-order valence-corrected chi connectivity index (χ1v) is 6.34. The van der Waals surface area contributed by atoms with E-state index in [2.05, 4.69) is 10.1 Å². The summed E-state index contributed by atoms with van der Waals surface area (Å²) in [6.07, 6.45) is 0.556. The van der Waals surface area contributed by atoms with Crippen molar-refractivity contribution in [1.82, 2.24) is 10.1 Å². The van der Waals surface area contributed by atoms with Gasteiger partial charge >= 0.3 is 0 Å². The van der Waals surface area contributed by atoms with E-state index in [1.165, 1.54) is 12.1 Å². The number of nitrogens with zero attached hydrogens (tertiary/aromatic N) is 3. The third-order valence-corrected chi connectivity index (χ3v) is 3.00. The lowest BCUT2D eigenvalue weighted by molar-refractivity contribution is -0.384. The van der Waals surface area contributed by atoms with Crippen LogP contribution >= 0.6 is 0 Å². The van der Waals surface area contributed by atoms with Crippen LogP contribution in [0.2, 0.25) is 0 Å². The minimum atomic E-state index is -0.444. The largest absolute Gasteiger partial charge is 0.339 e. The second-order valence-corrected chi connectivity index (χ2v) is 4.48. The molecule has 0 aliphatic rings. The second kappa shape index (κ2) is 5.54. The minimum absolute atomic E-state index is 0.0340. The average Bonchev–Trinajstić information content (AvgIpc) is 2.97. The van der Waals surface area contributed by atoms with Crippen LogP contribution in [0, 0.1) is 10.1 Å². The highest BCUT2D eigenvalue weighted by atomic mass is 16.6. The van der Waals surface area contributed by atoms with Crippen LogP contribution in [0.5, 0.6) is 0 Å². The van der Waals surface area contributed by atoms with Gasteiger partial charge in [0.25, 0.3) is 5.69 Å². The van der Waals surface area contributed by atoms with Gasteiger partial charge in [0, 0.05) is 17.7 Å². The Hall–Kier alpha value is -3.02. The number of hydrogen-bond acceptors (Lipinski definition) is 5. The molecule has 21 heavy (non-hydrogen) atoms. The Labute approximate surface area is 120 Å². The predicted molar refractivity (Wildman–Crippen MR) is 75.6 cm³/mol. The van der Waals surface area contributed by atoms with Gasteiger partial charge in [0.1, 0.15) is 0 Å². The van der Waals surface area contributed by atoms with Crippen molar-refractivity contribution >= 4 is 5.69 Å². The summed E-state index contributed by atoms with van der Waals surface area (Å²) in [5.74, 6) is 0.936. The Bertz CT molecular complexity index is 751. The first kappa shape index (κ1) is 13.0. The fourth-order valence-corrected chi connectivity index (χ4v) is 1.95. The summed E-state index contributed by atoms with van der Waals surface area (Å²) in [6, 6.07) is 15.9. The molecule has 2 aromatic carbocycles. The quantitative estimate of drug-likeness (QED) is 0.541. The summed E-state index contributed by atoms with van der Waals surface area (Å²) in [4.78, 5) is 14.5. The van der Waals surface area contributed by atoms with E-state index in [0.29, 0.717) is 23.7 Å². The van der Waals surface area contributed by atoms with Gasteiger partial charge in [-0.3, -0.25) is 10.1 Å². The average molecular weight is 281 g/mol. The van der Waals surface area contributed by atoms with Gasteiger partial charge in [-0.05, 0) is 17.7 Å². The number of nitro groups is 1. The summed E-state index contributed by atoms with van der Waals surface area (Å²) in [5, 5.41) is 14.5. The Morgan fingerprint density at radius 2 is 1.76 bits per heavy atom. The van der Waals surface area contributed by atoms with Gasteiger partial charge in [0.15, 0.2) is 0 Å². The molecular formula is C15H11N3O3. The molecule has 0 unspecified atom stereocenters. The molecule has 0 atom stereocenters. The van der Waals surface area contributed by atoms with E-state index in [1.54, 1.807) is 12.1 Å². The lowest BCUT2D eigenvalue weighted by atomic mass is 10.1. The molecule has 0 saturated carbocycles. The Balaban J connectivity index is 1.80. The molecule has 0 aliphatic heterocycles. The summed E-state index contributed by atoms with van der Waals surface area (Å²) in [5.41, 5.74) is 1.80. The number of hydrogen-bond donors (Lipinski definition) is 0. The zero-order chi connectivity index (χ0) is 14.7. The smallest absolute Gasteiger partial charge is 0.269 e. The summed E-state index contributed by atoms with van der Waals surface area (Å²) in [7, 11) is 0. The van der Waals surface area contributed by atoms with E-state index >= 15 is 0 Å². The van der Waals surface area contributed by atoms with Crippen molar-refractivity contribution in [2.45, 2.75) is 6.42 Å². The van der Waals surface area contributed by atoms with E-state index in [-0.39, 0.29) is 5.69 Å². The molecule has 0 radical (unpaired) electrons. The molecule has 6 nitrogen and oxygen atoms in total. The normalized spacial score (nSPS) is 10.5. The van der Waals surface area contributed by atoms with Crippen LogP contribution in [-0.2, 0) is 6.42 Å². The first-order chi connectivity index (χ1) is 10.2. The molecule has 0 fully saturated rings. The first-order valence-electron chi connectivity index (χ1n) is 6.34. The summed E-state index contributed by atoms with van der Waals surface area (Å²) >= 11 is 0. The van der Waals surface area contributed by atoms with E-state index in [9.17, 15) is 10.1 Å². The van der Waals surface area contributed by atoms with Crippen molar-refractivity contribution in [2.75, 3.05) is 0 Å². The lowest BCUT2D eigenvalue weighted by Crippen LogP contribution is -1.89. The van der Waals surface area contributed by atoms with Gasteiger partial charge in [-0.15, -0.1) is 0 Å². The fraction of sp³-hybridized carbons (Fsp3) is 0.0667. The van der Waals surface area contributed by atoms with Gasteiger partial charge in [-0.2, -0.15) is 4.98 Å². The maximum absolute atomic E-state index is 10.6. The number of aromatic nitrogens is 2. The number of non-ortho nitro benzene ring substituents is 1. The molecule has 1 aromatic heterocycles. The molecule has 0 spiro atoms. The molecule has 3 rings (SSSR count). The molecule has 0 aliphatic carbocycles. The van der Waals surface area contributed by atoms with Crippen LogP contribution in [-0.4, -0.2) is 15.1 Å². The molecule has 0 amide bonds. The van der Waals surface area contributed by atoms with Gasteiger partial charge < -0.3 is 4.52 Å². The molecule has 0 saturated heterocycles. The van der Waals surface area contributed by atoms with Crippen LogP contribution in [0.3, 0.4) is 0 Å². The number of nitro benzene ring substituents is 1. The van der Waals surface area contributed by atoms with E-state index in [4.69, 9.17) is 4.52 Å². The number of rotatable bonds is 4. The fourth-order valence-electron chi connectivity index (χ4n) is 1.95.